The zero-order valence-corrected chi connectivity index (χ0v) is 18.3. The molecule has 1 heterocycles. The van der Waals surface area contributed by atoms with E-state index in [0.29, 0.717) is 39.0 Å². The van der Waals surface area contributed by atoms with Crippen LogP contribution in [-0.2, 0) is 9.59 Å². The van der Waals surface area contributed by atoms with E-state index in [-0.39, 0.29) is 18.9 Å². The number of carbonyl (C=O) groups excluding carboxylic acids is 2. The number of nitrogens with zero attached hydrogens (tertiary/aromatic N) is 3. The molecule has 1 aromatic rings. The van der Waals surface area contributed by atoms with E-state index in [1.165, 1.54) is 0 Å². The molecule has 10 heteroatoms. The third-order valence-electron chi connectivity index (χ3n) is 6.65. The van der Waals surface area contributed by atoms with Crippen LogP contribution >= 0.6 is 0 Å². The second-order valence-electron chi connectivity index (χ2n) is 8.53. The first-order chi connectivity index (χ1) is 15.4. The second kappa shape index (κ2) is 10.6. The molecule has 4 N–H and O–H groups in total. The smallest absolute Gasteiger partial charge is 0.407 e. The van der Waals surface area contributed by atoms with Crippen LogP contribution < -0.4 is 10.4 Å². The van der Waals surface area contributed by atoms with E-state index < -0.39 is 35.9 Å². The minimum Gasteiger partial charge on any atom is -0.465 e. The third kappa shape index (κ3) is 5.13. The fourth-order valence-electron chi connectivity index (χ4n) is 4.92. The van der Waals surface area contributed by atoms with Gasteiger partial charge < -0.3 is 24.9 Å². The Morgan fingerprint density at radius 3 is 2.31 bits per heavy atom. The topological polar surface area (TPSA) is 134 Å². The van der Waals surface area contributed by atoms with Gasteiger partial charge in [-0.05, 0) is 38.3 Å². The fraction of sp³-hybridized carbons (Fsp3) is 0.591. The first-order valence-corrected chi connectivity index (χ1v) is 11.0. The van der Waals surface area contributed by atoms with Crippen LogP contribution in [0.25, 0.3) is 0 Å². The monoisotopic (exact) mass is 448 g/mol. The molecule has 2 aliphatic rings. The maximum atomic E-state index is 13.3. The molecule has 4 atom stereocenters. The van der Waals surface area contributed by atoms with Gasteiger partial charge in [-0.2, -0.15) is 0 Å². The summed E-state index contributed by atoms with van der Waals surface area (Å²) >= 11 is 0. The Hall–Kier alpha value is -2.85. The maximum Gasteiger partial charge on any atom is 0.407 e. The van der Waals surface area contributed by atoms with Crippen molar-refractivity contribution in [2.24, 2.45) is 11.8 Å². The van der Waals surface area contributed by atoms with E-state index in [2.05, 4.69) is 4.90 Å². The van der Waals surface area contributed by atoms with E-state index in [4.69, 9.17) is 0 Å². The number of rotatable bonds is 6. The third-order valence-corrected chi connectivity index (χ3v) is 6.65. The van der Waals surface area contributed by atoms with Crippen molar-refractivity contribution in [3.8, 4) is 0 Å². The summed E-state index contributed by atoms with van der Waals surface area (Å²) in [4.78, 5) is 42.6. The molecule has 3 rings (SSSR count). The van der Waals surface area contributed by atoms with Gasteiger partial charge in [0.15, 0.2) is 0 Å². The average molecular weight is 449 g/mol. The van der Waals surface area contributed by atoms with Gasteiger partial charge in [-0.15, -0.1) is 0 Å². The molecular weight excluding hydrogens is 416 g/mol. The fourth-order valence-corrected chi connectivity index (χ4v) is 4.92. The highest BCUT2D eigenvalue weighted by atomic mass is 16.5. The van der Waals surface area contributed by atoms with Gasteiger partial charge in [-0.3, -0.25) is 14.8 Å². The Balaban J connectivity index is 1.68. The lowest BCUT2D eigenvalue weighted by molar-refractivity contribution is -0.148. The Kier molecular flexibility index (Phi) is 7.92. The van der Waals surface area contributed by atoms with Crippen molar-refractivity contribution in [1.82, 2.24) is 15.3 Å². The number of anilines is 1. The molecule has 0 unspecified atom stereocenters. The van der Waals surface area contributed by atoms with Gasteiger partial charge in [0.1, 0.15) is 0 Å². The highest BCUT2D eigenvalue weighted by molar-refractivity contribution is 5.87. The number of para-hydroxylation sites is 1. The molecule has 1 saturated carbocycles. The number of aliphatic hydroxyl groups excluding tert-OH is 1. The van der Waals surface area contributed by atoms with E-state index in [0.717, 1.165) is 10.6 Å². The Morgan fingerprint density at radius 2 is 1.75 bits per heavy atom. The molecule has 10 nitrogen and oxygen atoms in total. The lowest BCUT2D eigenvalue weighted by Crippen LogP contribution is -2.56. The summed E-state index contributed by atoms with van der Waals surface area (Å²) in [5, 5.41) is 28.3. The van der Waals surface area contributed by atoms with Crippen molar-refractivity contribution in [2.45, 2.75) is 38.3 Å². The van der Waals surface area contributed by atoms with Crippen LogP contribution in [0.4, 0.5) is 10.5 Å². The van der Waals surface area contributed by atoms with E-state index in [1.807, 2.05) is 30.3 Å². The lowest BCUT2D eigenvalue weighted by Gasteiger charge is -2.43. The predicted octanol–water partition coefficient (Wildman–Crippen LogP) is 0.986. The van der Waals surface area contributed by atoms with Crippen LogP contribution in [0.1, 0.15) is 26.2 Å². The van der Waals surface area contributed by atoms with Crippen molar-refractivity contribution in [1.29, 1.82) is 0 Å². The van der Waals surface area contributed by atoms with Crippen LogP contribution in [0.3, 0.4) is 0 Å². The number of carbonyl (C=O) groups is 3. The lowest BCUT2D eigenvalue weighted by atomic mass is 9.75. The average Bonchev–Trinajstić information content (AvgIpc) is 2.83. The predicted molar refractivity (Wildman–Crippen MR) is 116 cm³/mol. The number of benzene rings is 1. The number of carboxylic acid groups (broad SMARTS) is 1. The zero-order valence-electron chi connectivity index (χ0n) is 18.3. The number of hydroxylamine groups is 1. The number of piperazine rings is 1. The highest BCUT2D eigenvalue weighted by Gasteiger charge is 2.44. The molecule has 0 bridgehead atoms. The Morgan fingerprint density at radius 1 is 1.09 bits per heavy atom. The summed E-state index contributed by atoms with van der Waals surface area (Å²) in [7, 11) is 0. The largest absolute Gasteiger partial charge is 0.465 e. The summed E-state index contributed by atoms with van der Waals surface area (Å²) in [5.41, 5.74) is 2.75. The minimum atomic E-state index is -1.18. The van der Waals surface area contributed by atoms with Crippen LogP contribution in [0.2, 0.25) is 0 Å². The van der Waals surface area contributed by atoms with Gasteiger partial charge in [0.2, 0.25) is 11.8 Å². The number of aliphatic hydroxyl groups is 1. The molecule has 176 valence electrons. The van der Waals surface area contributed by atoms with E-state index in [9.17, 15) is 29.8 Å². The molecule has 1 aliphatic heterocycles. The number of hydrogen-bond donors (Lipinski definition) is 4. The summed E-state index contributed by atoms with van der Waals surface area (Å²) in [5.74, 6) is -2.28. The first-order valence-electron chi connectivity index (χ1n) is 11.0. The molecule has 0 spiro atoms. The van der Waals surface area contributed by atoms with Crippen molar-refractivity contribution in [3.63, 3.8) is 0 Å². The van der Waals surface area contributed by atoms with Crippen LogP contribution in [-0.4, -0.2) is 88.0 Å². The quantitative estimate of drug-likeness (QED) is 0.377. The van der Waals surface area contributed by atoms with Crippen molar-refractivity contribution in [3.05, 3.63) is 30.3 Å². The van der Waals surface area contributed by atoms with Gasteiger partial charge in [-0.25, -0.2) is 10.3 Å². The van der Waals surface area contributed by atoms with Crippen molar-refractivity contribution < 1.29 is 29.8 Å². The van der Waals surface area contributed by atoms with Gasteiger partial charge in [0.25, 0.3) is 0 Å². The van der Waals surface area contributed by atoms with E-state index >= 15 is 0 Å². The molecule has 1 aromatic carbocycles. The highest BCUT2D eigenvalue weighted by Crippen LogP contribution is 2.35. The second-order valence-corrected chi connectivity index (χ2v) is 8.53. The molecule has 3 amide bonds. The van der Waals surface area contributed by atoms with Crippen molar-refractivity contribution >= 4 is 23.6 Å². The van der Waals surface area contributed by atoms with Gasteiger partial charge >= 0.3 is 6.09 Å². The van der Waals surface area contributed by atoms with Gasteiger partial charge in [-0.1, -0.05) is 18.2 Å². The number of nitrogens with one attached hydrogen (secondary N) is 1. The molecule has 0 aromatic heterocycles. The number of amides is 3. The van der Waals surface area contributed by atoms with Gasteiger partial charge in [0, 0.05) is 43.8 Å². The van der Waals surface area contributed by atoms with Crippen LogP contribution in [0, 0.1) is 11.8 Å². The number of hydrogen-bond acceptors (Lipinski definition) is 6. The van der Waals surface area contributed by atoms with Gasteiger partial charge in [0.05, 0.1) is 18.6 Å². The molecular formula is C22H32N4O6. The molecule has 32 heavy (non-hydrogen) atoms. The minimum absolute atomic E-state index is 0.115. The molecule has 2 fully saturated rings. The van der Waals surface area contributed by atoms with Crippen molar-refractivity contribution in [2.75, 3.05) is 37.7 Å². The summed E-state index contributed by atoms with van der Waals surface area (Å²) in [6.07, 6.45) is -0.320. The maximum absolute atomic E-state index is 13.3. The SMILES string of the molecule is C[C@H](CO)N(C(=O)O)[C@@H]1CC[C@H](C(=O)N2CCN(c3ccccc3)CC2)[C@@H](C(=O)NO)C1. The summed E-state index contributed by atoms with van der Waals surface area (Å²) in [6, 6.07) is 8.82. The zero-order chi connectivity index (χ0) is 23.3. The molecule has 1 saturated heterocycles. The summed E-state index contributed by atoms with van der Waals surface area (Å²) in [6.45, 7) is 3.69. The standard InChI is InChI=1S/C22H32N4O6/c1-15(14-27)26(22(30)31)17-7-8-18(19(13-17)20(28)23-32)21(29)25-11-9-24(10-12-25)16-5-3-2-4-6-16/h2-6,15,17-19,27,32H,7-14H2,1H3,(H,23,28)(H,30,31)/t15-,17-,18+,19+/m1/s1. The van der Waals surface area contributed by atoms with E-state index in [1.54, 1.807) is 17.3 Å². The molecule has 1 aliphatic carbocycles. The van der Waals surface area contributed by atoms with Crippen LogP contribution in [0.5, 0.6) is 0 Å². The van der Waals surface area contributed by atoms with Crippen LogP contribution in [0.15, 0.2) is 30.3 Å². The first kappa shape index (κ1) is 23.8. The molecule has 0 radical (unpaired) electrons. The Labute approximate surface area is 187 Å². The normalized spacial score (nSPS) is 24.5. The summed E-state index contributed by atoms with van der Waals surface area (Å²) < 4.78 is 0. The Bertz CT molecular complexity index is 799.